The van der Waals surface area contributed by atoms with Crippen LogP contribution in [0.15, 0.2) is 186 Å². The van der Waals surface area contributed by atoms with Crippen molar-refractivity contribution in [1.82, 2.24) is 0 Å². The molecule has 6 aromatic carbocycles. The molecule has 2 nitrogen and oxygen atoms in total. The van der Waals surface area contributed by atoms with E-state index in [9.17, 15) is 0 Å². The number of allylic oxidation sites excluding steroid dienone is 6. The quantitative estimate of drug-likeness (QED) is 0.182. The van der Waals surface area contributed by atoms with Crippen molar-refractivity contribution in [1.29, 1.82) is 0 Å². The van der Waals surface area contributed by atoms with Crippen LogP contribution in [0.25, 0.3) is 55.0 Å². The van der Waals surface area contributed by atoms with Gasteiger partial charge in [-0.15, -0.1) is 0 Å². The fraction of sp³-hybridized carbons (Fsp3) is 0.106. The lowest BCUT2D eigenvalue weighted by Gasteiger charge is -2.45. The third kappa shape index (κ3) is 4.95. The van der Waals surface area contributed by atoms with Crippen molar-refractivity contribution < 1.29 is 4.42 Å². The van der Waals surface area contributed by atoms with E-state index in [4.69, 9.17) is 4.42 Å². The van der Waals surface area contributed by atoms with Gasteiger partial charge in [-0.3, -0.25) is 0 Å². The van der Waals surface area contributed by atoms with E-state index in [0.29, 0.717) is 0 Å². The van der Waals surface area contributed by atoms with Crippen LogP contribution in [0.4, 0.5) is 5.69 Å². The van der Waals surface area contributed by atoms with Crippen LogP contribution in [0.3, 0.4) is 0 Å². The Labute approximate surface area is 287 Å². The summed E-state index contributed by atoms with van der Waals surface area (Å²) in [4.78, 5) is 2.60. The van der Waals surface area contributed by atoms with Gasteiger partial charge in [0.1, 0.15) is 11.2 Å². The van der Waals surface area contributed by atoms with Gasteiger partial charge in [-0.05, 0) is 77.2 Å². The van der Waals surface area contributed by atoms with E-state index in [0.717, 1.165) is 40.2 Å². The average molecular weight is 632 g/mol. The maximum Gasteiger partial charge on any atom is 0.143 e. The fourth-order valence-electron chi connectivity index (χ4n) is 7.96. The molecule has 2 aliphatic carbocycles. The molecule has 2 aliphatic rings. The van der Waals surface area contributed by atoms with Gasteiger partial charge in [0.15, 0.2) is 0 Å². The number of anilines is 1. The van der Waals surface area contributed by atoms with E-state index in [2.05, 4.69) is 188 Å². The van der Waals surface area contributed by atoms with Gasteiger partial charge in [-0.2, -0.15) is 0 Å². The molecule has 0 saturated carbocycles. The molecule has 7 aromatic rings. The first kappa shape index (κ1) is 29.3. The van der Waals surface area contributed by atoms with Gasteiger partial charge in [-0.1, -0.05) is 152 Å². The van der Waals surface area contributed by atoms with Crippen LogP contribution in [-0.2, 0) is 5.41 Å². The third-order valence-electron chi connectivity index (χ3n) is 10.5. The molecular formula is C47H37NO. The van der Waals surface area contributed by atoms with E-state index >= 15 is 0 Å². The summed E-state index contributed by atoms with van der Waals surface area (Å²) in [6, 6.07) is 48.1. The molecule has 0 radical (unpaired) electrons. The van der Waals surface area contributed by atoms with E-state index in [1.54, 1.807) is 0 Å². The summed E-state index contributed by atoms with van der Waals surface area (Å²) in [6.45, 7) is 2.38. The van der Waals surface area contributed by atoms with Gasteiger partial charge in [0.25, 0.3) is 0 Å². The van der Waals surface area contributed by atoms with E-state index in [-0.39, 0.29) is 11.5 Å². The molecule has 9 rings (SSSR count). The van der Waals surface area contributed by atoms with Crippen molar-refractivity contribution in [3.8, 4) is 22.3 Å². The zero-order valence-electron chi connectivity index (χ0n) is 27.6. The molecule has 2 atom stereocenters. The highest BCUT2D eigenvalue weighted by molar-refractivity contribution is 6.22. The zero-order valence-corrected chi connectivity index (χ0v) is 27.6. The molecule has 2 unspecified atom stereocenters. The second-order valence-corrected chi connectivity index (χ2v) is 13.4. The van der Waals surface area contributed by atoms with Gasteiger partial charge in [-0.25, -0.2) is 0 Å². The summed E-state index contributed by atoms with van der Waals surface area (Å²) in [6.07, 6.45) is 18.0. The Bertz CT molecular complexity index is 2440. The second kappa shape index (κ2) is 12.0. The van der Waals surface area contributed by atoms with Crippen molar-refractivity contribution >= 4 is 38.4 Å². The molecule has 0 aliphatic heterocycles. The summed E-state index contributed by atoms with van der Waals surface area (Å²) < 4.78 is 6.82. The number of benzene rings is 6. The van der Waals surface area contributed by atoms with Crippen LogP contribution in [0.5, 0.6) is 0 Å². The first-order chi connectivity index (χ1) is 24.2. The molecule has 236 valence electrons. The Hall–Kier alpha value is -5.86. The van der Waals surface area contributed by atoms with Crippen LogP contribution in [0.2, 0.25) is 0 Å². The topological polar surface area (TPSA) is 16.4 Å². The van der Waals surface area contributed by atoms with Gasteiger partial charge in [0, 0.05) is 21.9 Å². The van der Waals surface area contributed by atoms with Crippen LogP contribution in [0, 0.1) is 0 Å². The van der Waals surface area contributed by atoms with Gasteiger partial charge < -0.3 is 9.32 Å². The minimum atomic E-state index is -0.296. The first-order valence-electron chi connectivity index (χ1n) is 17.3. The SMILES string of the molecule is CC1(c2ccc(-c3ccccc3)cc2)C=CC=CC1N(C1=CC=CCC1)c1cccc2oc3c4ccccc4c(-c4ccccc4)cc3c12. The number of furan rings is 1. The highest BCUT2D eigenvalue weighted by Gasteiger charge is 2.39. The number of fused-ring (bicyclic) bond motifs is 5. The van der Waals surface area contributed by atoms with Crippen LogP contribution < -0.4 is 4.90 Å². The monoisotopic (exact) mass is 631 g/mol. The van der Waals surface area contributed by atoms with Gasteiger partial charge in [0.05, 0.1) is 17.1 Å². The number of hydrogen-bond donors (Lipinski definition) is 0. The zero-order chi connectivity index (χ0) is 32.8. The van der Waals surface area contributed by atoms with Crippen LogP contribution >= 0.6 is 0 Å². The predicted molar refractivity (Wildman–Crippen MR) is 207 cm³/mol. The van der Waals surface area contributed by atoms with E-state index in [1.807, 2.05) is 0 Å². The van der Waals surface area contributed by atoms with Gasteiger partial charge >= 0.3 is 0 Å². The van der Waals surface area contributed by atoms with Gasteiger partial charge in [0.2, 0.25) is 0 Å². The van der Waals surface area contributed by atoms with Crippen molar-refractivity contribution in [3.63, 3.8) is 0 Å². The molecule has 0 spiro atoms. The van der Waals surface area contributed by atoms with Crippen LogP contribution in [0.1, 0.15) is 25.3 Å². The largest absolute Gasteiger partial charge is 0.455 e. The van der Waals surface area contributed by atoms with Crippen molar-refractivity contribution in [2.75, 3.05) is 4.90 Å². The molecule has 0 fully saturated rings. The summed E-state index contributed by atoms with van der Waals surface area (Å²) in [7, 11) is 0. The third-order valence-corrected chi connectivity index (χ3v) is 10.5. The van der Waals surface area contributed by atoms with Crippen molar-refractivity contribution in [2.24, 2.45) is 0 Å². The Morgan fingerprint density at radius 2 is 1.37 bits per heavy atom. The lowest BCUT2D eigenvalue weighted by Crippen LogP contribution is -2.48. The van der Waals surface area contributed by atoms with Crippen molar-refractivity contribution in [3.05, 3.63) is 187 Å². The maximum absolute atomic E-state index is 6.82. The fourth-order valence-corrected chi connectivity index (χ4v) is 7.96. The summed E-state index contributed by atoms with van der Waals surface area (Å²) in [5.41, 5.74) is 10.2. The average Bonchev–Trinajstić information content (AvgIpc) is 3.56. The highest BCUT2D eigenvalue weighted by Crippen LogP contribution is 2.47. The van der Waals surface area contributed by atoms with Crippen LogP contribution in [-0.4, -0.2) is 6.04 Å². The minimum Gasteiger partial charge on any atom is -0.455 e. The first-order valence-corrected chi connectivity index (χ1v) is 17.3. The van der Waals surface area contributed by atoms with E-state index in [1.165, 1.54) is 44.6 Å². The molecule has 0 N–H and O–H groups in total. The molecule has 0 amide bonds. The molecule has 0 saturated heterocycles. The molecule has 1 heterocycles. The number of nitrogens with zero attached hydrogens (tertiary/aromatic N) is 1. The molecule has 0 bridgehead atoms. The molecule has 2 heteroatoms. The normalized spacial score (nSPS) is 18.7. The lowest BCUT2D eigenvalue weighted by atomic mass is 9.72. The Kier molecular flexibility index (Phi) is 7.16. The summed E-state index contributed by atoms with van der Waals surface area (Å²) in [5, 5.41) is 4.63. The second-order valence-electron chi connectivity index (χ2n) is 13.4. The number of rotatable bonds is 6. The predicted octanol–water partition coefficient (Wildman–Crippen LogP) is 12.6. The summed E-state index contributed by atoms with van der Waals surface area (Å²) in [5.74, 6) is 0. The van der Waals surface area contributed by atoms with E-state index < -0.39 is 0 Å². The smallest absolute Gasteiger partial charge is 0.143 e. The molecule has 1 aromatic heterocycles. The minimum absolute atomic E-state index is 0.0300. The van der Waals surface area contributed by atoms with Crippen molar-refractivity contribution in [2.45, 2.75) is 31.2 Å². The molecule has 49 heavy (non-hydrogen) atoms. The Balaban J connectivity index is 1.26. The Morgan fingerprint density at radius 3 is 2.12 bits per heavy atom. The highest BCUT2D eigenvalue weighted by atomic mass is 16.3. The summed E-state index contributed by atoms with van der Waals surface area (Å²) >= 11 is 0. The number of hydrogen-bond acceptors (Lipinski definition) is 2. The maximum atomic E-state index is 6.82. The lowest BCUT2D eigenvalue weighted by molar-refractivity contribution is 0.497. The Morgan fingerprint density at radius 1 is 0.653 bits per heavy atom. The molecular weight excluding hydrogens is 595 g/mol. The standard InChI is InChI=1S/C47H37NO/c1-47(36-29-27-34(28-30-36)33-16-5-2-6-17-33)31-14-13-26-44(47)48(37-20-9-4-10-21-37)42-24-15-25-43-45(42)41-32-40(35-18-7-3-8-19-35)38-22-11-12-23-39(38)46(41)49-43/h2-9,11-20,22-32,44H,10,21H2,1H3.